The molecule has 7 nitrogen and oxygen atoms in total. The van der Waals surface area contributed by atoms with Crippen molar-refractivity contribution in [2.75, 3.05) is 23.7 Å². The van der Waals surface area contributed by atoms with Gasteiger partial charge in [0.25, 0.3) is 0 Å². The van der Waals surface area contributed by atoms with Crippen LogP contribution in [-0.2, 0) is 4.79 Å². The quantitative estimate of drug-likeness (QED) is 0.669. The van der Waals surface area contributed by atoms with Crippen LogP contribution in [0.4, 0.5) is 30.6 Å². The van der Waals surface area contributed by atoms with Crippen LogP contribution in [0, 0.1) is 0 Å². The molecule has 0 saturated heterocycles. The van der Waals surface area contributed by atoms with Crippen molar-refractivity contribution in [3.8, 4) is 0 Å². The molecule has 0 aliphatic heterocycles. The fourth-order valence-electron chi connectivity index (χ4n) is 1.70. The van der Waals surface area contributed by atoms with E-state index in [0.717, 1.165) is 0 Å². The first kappa shape index (κ1) is 17.4. The summed E-state index contributed by atoms with van der Waals surface area (Å²) in [6, 6.07) is 8.71. The fourth-order valence-corrected chi connectivity index (χ4v) is 1.70. The van der Waals surface area contributed by atoms with Gasteiger partial charge in [-0.2, -0.15) is 13.2 Å². The van der Waals surface area contributed by atoms with Gasteiger partial charge in [-0.1, -0.05) is 6.07 Å². The number of hydrogen-bond donors (Lipinski definition) is 3. The number of carbonyl (C=O) groups is 1. The van der Waals surface area contributed by atoms with E-state index in [2.05, 4.69) is 31.1 Å². The van der Waals surface area contributed by atoms with Crippen molar-refractivity contribution in [2.45, 2.75) is 12.6 Å². The third kappa shape index (κ3) is 6.46. The molecule has 128 valence electrons. The molecule has 0 aliphatic carbocycles. The number of pyridine rings is 1. The topological polar surface area (TPSA) is 91.8 Å². The lowest BCUT2D eigenvalue weighted by Crippen LogP contribution is -2.32. The van der Waals surface area contributed by atoms with Gasteiger partial charge >= 0.3 is 6.18 Å². The first-order valence-electron chi connectivity index (χ1n) is 7.01. The van der Waals surface area contributed by atoms with E-state index in [1.54, 1.807) is 30.5 Å². The van der Waals surface area contributed by atoms with E-state index < -0.39 is 18.5 Å². The Bertz CT molecular complexity index is 648. The molecule has 0 aliphatic rings. The Balaban J connectivity index is 1.71. The molecule has 0 bridgehead atoms. The highest BCUT2D eigenvalue weighted by Crippen LogP contribution is 2.18. The Hall–Kier alpha value is -2.91. The van der Waals surface area contributed by atoms with Crippen LogP contribution in [0.1, 0.15) is 6.42 Å². The Morgan fingerprint density at radius 1 is 1.00 bits per heavy atom. The molecule has 0 aromatic carbocycles. The highest BCUT2D eigenvalue weighted by molar-refractivity contribution is 5.76. The maximum Gasteiger partial charge on any atom is 0.397 e. The minimum absolute atomic E-state index is 0.0462. The van der Waals surface area contributed by atoms with Crippen LogP contribution in [0.2, 0.25) is 0 Å². The second-order valence-electron chi connectivity index (χ2n) is 4.71. The molecule has 24 heavy (non-hydrogen) atoms. The van der Waals surface area contributed by atoms with Crippen molar-refractivity contribution >= 4 is 23.4 Å². The summed E-state index contributed by atoms with van der Waals surface area (Å²) in [5, 5.41) is 15.8. The molecule has 1 amide bonds. The van der Waals surface area contributed by atoms with Crippen molar-refractivity contribution in [3.63, 3.8) is 0 Å². The Morgan fingerprint density at radius 3 is 2.38 bits per heavy atom. The third-order valence-electron chi connectivity index (χ3n) is 2.70. The summed E-state index contributed by atoms with van der Waals surface area (Å²) in [6.07, 6.45) is -4.35. The van der Waals surface area contributed by atoms with E-state index in [1.807, 2.05) is 6.07 Å². The molecule has 2 aromatic heterocycles. The number of carbonyl (C=O) groups excluding carboxylic acids is 1. The van der Waals surface area contributed by atoms with Crippen LogP contribution in [0.25, 0.3) is 0 Å². The van der Waals surface area contributed by atoms with Crippen LogP contribution in [0.15, 0.2) is 36.5 Å². The summed E-state index contributed by atoms with van der Waals surface area (Å²) >= 11 is 0. The van der Waals surface area contributed by atoms with Gasteiger partial charge in [-0.25, -0.2) is 4.98 Å². The summed E-state index contributed by atoms with van der Waals surface area (Å²) in [4.78, 5) is 15.1. The molecule has 0 saturated carbocycles. The molecule has 0 fully saturated rings. The highest BCUT2D eigenvalue weighted by atomic mass is 19.4. The lowest BCUT2D eigenvalue weighted by molar-refractivity contribution is -0.153. The molecule has 0 atom stereocenters. The van der Waals surface area contributed by atoms with E-state index in [1.165, 1.54) is 0 Å². The van der Waals surface area contributed by atoms with Crippen molar-refractivity contribution in [1.82, 2.24) is 20.5 Å². The van der Waals surface area contributed by atoms with Crippen LogP contribution < -0.4 is 16.0 Å². The van der Waals surface area contributed by atoms with E-state index >= 15 is 0 Å². The molecule has 10 heteroatoms. The smallest absolute Gasteiger partial charge is 0.367 e. The average molecular weight is 340 g/mol. The van der Waals surface area contributed by atoms with Crippen molar-refractivity contribution in [3.05, 3.63) is 36.5 Å². The van der Waals surface area contributed by atoms with Gasteiger partial charge in [0.1, 0.15) is 18.1 Å². The average Bonchev–Trinajstić information content (AvgIpc) is 2.52. The lowest BCUT2D eigenvalue weighted by atomic mass is 10.4. The Labute approximate surface area is 135 Å². The predicted octanol–water partition coefficient (Wildman–Crippen LogP) is 2.10. The van der Waals surface area contributed by atoms with Gasteiger partial charge in [-0.05, 0) is 24.3 Å². The Kier molecular flexibility index (Phi) is 5.88. The third-order valence-corrected chi connectivity index (χ3v) is 2.70. The number of halogens is 3. The van der Waals surface area contributed by atoms with Gasteiger partial charge in [0.2, 0.25) is 5.91 Å². The van der Waals surface area contributed by atoms with Crippen molar-refractivity contribution in [1.29, 1.82) is 0 Å². The van der Waals surface area contributed by atoms with E-state index in [4.69, 9.17) is 0 Å². The van der Waals surface area contributed by atoms with Gasteiger partial charge in [0.15, 0.2) is 5.82 Å². The highest BCUT2D eigenvalue weighted by Gasteiger charge is 2.30. The van der Waals surface area contributed by atoms with Crippen molar-refractivity contribution in [2.24, 2.45) is 0 Å². The Morgan fingerprint density at radius 2 is 1.75 bits per heavy atom. The number of nitrogens with zero attached hydrogens (tertiary/aromatic N) is 3. The number of alkyl halides is 3. The molecule has 0 unspecified atom stereocenters. The molecule has 0 radical (unpaired) electrons. The molecular weight excluding hydrogens is 325 g/mol. The zero-order valence-corrected chi connectivity index (χ0v) is 12.5. The number of nitrogens with one attached hydrogen (secondary N) is 3. The van der Waals surface area contributed by atoms with E-state index in [-0.39, 0.29) is 13.1 Å². The fraction of sp³-hybridized carbons (Fsp3) is 0.286. The zero-order chi connectivity index (χ0) is 17.4. The number of hydrogen-bond acceptors (Lipinski definition) is 6. The summed E-state index contributed by atoms with van der Waals surface area (Å²) in [6.45, 7) is 0.274. The first-order valence-corrected chi connectivity index (χ1v) is 7.01. The summed E-state index contributed by atoms with van der Waals surface area (Å²) in [7, 11) is 0. The maximum absolute atomic E-state index is 12.0. The summed E-state index contributed by atoms with van der Waals surface area (Å²) < 4.78 is 35.9. The molecule has 2 rings (SSSR count). The molecule has 0 spiro atoms. The molecule has 3 N–H and O–H groups in total. The van der Waals surface area contributed by atoms with E-state index in [0.29, 0.717) is 17.5 Å². The monoisotopic (exact) mass is 340 g/mol. The minimum atomic E-state index is -4.50. The van der Waals surface area contributed by atoms with Crippen LogP contribution in [0.5, 0.6) is 0 Å². The SMILES string of the molecule is O=C(CC(F)(F)F)NCCNc1ccc(Nc2ccccn2)nn1. The number of amides is 1. The number of aromatic nitrogens is 3. The van der Waals surface area contributed by atoms with Crippen molar-refractivity contribution < 1.29 is 18.0 Å². The number of anilines is 3. The lowest BCUT2D eigenvalue weighted by Gasteiger charge is -2.09. The first-order chi connectivity index (χ1) is 11.4. The second kappa shape index (κ2) is 8.09. The van der Waals surface area contributed by atoms with Gasteiger partial charge in [0.05, 0.1) is 0 Å². The van der Waals surface area contributed by atoms with Gasteiger partial charge in [-0.15, -0.1) is 10.2 Å². The standard InChI is InChI=1S/C14H15F3N6O/c15-14(16,17)9-13(24)20-8-7-19-11-4-5-12(23-22-11)21-10-3-1-2-6-18-10/h1-6H,7-9H2,(H,19,22)(H,20,24)(H,18,21,23). The number of rotatable bonds is 7. The molecule has 2 aromatic rings. The predicted molar refractivity (Wildman–Crippen MR) is 81.7 cm³/mol. The van der Waals surface area contributed by atoms with E-state index in [9.17, 15) is 18.0 Å². The zero-order valence-electron chi connectivity index (χ0n) is 12.5. The molecule has 2 heterocycles. The minimum Gasteiger partial charge on any atom is -0.367 e. The molecular formula is C14H15F3N6O. The normalized spacial score (nSPS) is 11.0. The van der Waals surface area contributed by atoms with Crippen LogP contribution in [-0.4, -0.2) is 40.4 Å². The largest absolute Gasteiger partial charge is 0.397 e. The van der Waals surface area contributed by atoms with Gasteiger partial charge < -0.3 is 16.0 Å². The second-order valence-corrected chi connectivity index (χ2v) is 4.71. The maximum atomic E-state index is 12.0. The van der Waals surface area contributed by atoms with Crippen LogP contribution >= 0.6 is 0 Å². The summed E-state index contributed by atoms with van der Waals surface area (Å²) in [5.74, 6) is 0.495. The van der Waals surface area contributed by atoms with Gasteiger partial charge in [-0.3, -0.25) is 4.79 Å². The van der Waals surface area contributed by atoms with Crippen LogP contribution in [0.3, 0.4) is 0 Å². The van der Waals surface area contributed by atoms with Gasteiger partial charge in [0, 0.05) is 19.3 Å². The summed E-state index contributed by atoms with van der Waals surface area (Å²) in [5.41, 5.74) is 0.